The van der Waals surface area contributed by atoms with Crippen molar-refractivity contribution in [3.8, 4) is 5.88 Å². The first-order chi connectivity index (χ1) is 12.0. The Bertz CT molecular complexity index is 829. The van der Waals surface area contributed by atoms with Crippen molar-refractivity contribution in [2.45, 2.75) is 25.3 Å². The van der Waals surface area contributed by atoms with Crippen molar-refractivity contribution >= 4 is 11.6 Å². The van der Waals surface area contributed by atoms with Gasteiger partial charge < -0.3 is 14.5 Å². The van der Waals surface area contributed by atoms with Crippen LogP contribution >= 0.6 is 0 Å². The molecular weight excluding hydrogens is 316 g/mol. The molecule has 1 amide bonds. The summed E-state index contributed by atoms with van der Waals surface area (Å²) in [6, 6.07) is 6.61. The molecule has 3 heterocycles. The first-order valence-electron chi connectivity index (χ1n) is 8.70. The third kappa shape index (κ3) is 2.52. The van der Waals surface area contributed by atoms with Crippen LogP contribution in [0.2, 0.25) is 0 Å². The standard InChI is InChI=1S/C19H24N4O2/c1-12-5-6-16-13(9-12)14-10-21(2)8-7-17(14)23(16)19(24)15-11-22(3)20-18(15)25-4/h5-6,9,11,14,17H,7-8,10H2,1-4H3. The zero-order valence-corrected chi connectivity index (χ0v) is 15.2. The van der Waals surface area contributed by atoms with Gasteiger partial charge in [-0.3, -0.25) is 9.48 Å². The van der Waals surface area contributed by atoms with Gasteiger partial charge in [-0.25, -0.2) is 0 Å². The Labute approximate surface area is 148 Å². The Balaban J connectivity index is 1.80. The van der Waals surface area contributed by atoms with Crippen LogP contribution in [-0.2, 0) is 7.05 Å². The number of ether oxygens (including phenoxy) is 1. The minimum atomic E-state index is -0.0212. The summed E-state index contributed by atoms with van der Waals surface area (Å²) in [6.45, 7) is 4.09. The van der Waals surface area contributed by atoms with Gasteiger partial charge in [-0.15, -0.1) is 5.10 Å². The summed E-state index contributed by atoms with van der Waals surface area (Å²) in [5.74, 6) is 0.727. The van der Waals surface area contributed by atoms with Crippen molar-refractivity contribution in [3.05, 3.63) is 41.1 Å². The lowest BCUT2D eigenvalue weighted by Gasteiger charge is -2.36. The molecule has 4 rings (SSSR count). The molecule has 132 valence electrons. The number of benzene rings is 1. The molecule has 0 spiro atoms. The van der Waals surface area contributed by atoms with Crippen LogP contribution < -0.4 is 9.64 Å². The number of carbonyl (C=O) groups excluding carboxylic acids is 1. The predicted molar refractivity (Wildman–Crippen MR) is 96.4 cm³/mol. The quantitative estimate of drug-likeness (QED) is 0.841. The van der Waals surface area contributed by atoms with Crippen LogP contribution in [0.4, 0.5) is 5.69 Å². The Hall–Kier alpha value is -2.34. The fraction of sp³-hybridized carbons (Fsp3) is 0.474. The monoisotopic (exact) mass is 340 g/mol. The molecule has 6 nitrogen and oxygen atoms in total. The fourth-order valence-corrected chi connectivity index (χ4v) is 4.24. The van der Waals surface area contributed by atoms with Crippen LogP contribution in [-0.4, -0.2) is 53.9 Å². The number of aromatic nitrogens is 2. The molecule has 2 unspecified atom stereocenters. The summed E-state index contributed by atoms with van der Waals surface area (Å²) in [6.07, 6.45) is 2.72. The number of piperidine rings is 1. The van der Waals surface area contributed by atoms with Gasteiger partial charge in [0.1, 0.15) is 5.56 Å². The zero-order chi connectivity index (χ0) is 17.7. The maximum absolute atomic E-state index is 13.4. The number of likely N-dealkylation sites (tertiary alicyclic amines) is 1. The second kappa shape index (κ2) is 5.88. The van der Waals surface area contributed by atoms with Gasteiger partial charge >= 0.3 is 0 Å². The Morgan fingerprint density at radius 2 is 2.12 bits per heavy atom. The maximum atomic E-state index is 13.4. The van der Waals surface area contributed by atoms with Crippen molar-refractivity contribution in [2.24, 2.45) is 7.05 Å². The van der Waals surface area contributed by atoms with E-state index in [1.165, 1.54) is 11.1 Å². The van der Waals surface area contributed by atoms with Gasteiger partial charge in [-0.1, -0.05) is 17.7 Å². The molecule has 2 aliphatic rings. The highest BCUT2D eigenvalue weighted by Gasteiger charge is 2.44. The van der Waals surface area contributed by atoms with E-state index < -0.39 is 0 Å². The minimum absolute atomic E-state index is 0.0212. The Morgan fingerprint density at radius 1 is 1.32 bits per heavy atom. The number of hydrogen-bond donors (Lipinski definition) is 0. The van der Waals surface area contributed by atoms with Gasteiger partial charge in [-0.2, -0.15) is 0 Å². The first-order valence-corrected chi connectivity index (χ1v) is 8.70. The summed E-state index contributed by atoms with van der Waals surface area (Å²) in [4.78, 5) is 17.7. The average molecular weight is 340 g/mol. The van der Waals surface area contributed by atoms with Gasteiger partial charge in [0, 0.05) is 37.4 Å². The normalized spacial score (nSPS) is 22.6. The maximum Gasteiger partial charge on any atom is 0.265 e. The summed E-state index contributed by atoms with van der Waals surface area (Å²) < 4.78 is 6.95. The van der Waals surface area contributed by atoms with Gasteiger partial charge in [0.2, 0.25) is 5.88 Å². The minimum Gasteiger partial charge on any atom is -0.479 e. The van der Waals surface area contributed by atoms with Crippen LogP contribution in [0.15, 0.2) is 24.4 Å². The van der Waals surface area contributed by atoms with E-state index in [4.69, 9.17) is 4.74 Å². The average Bonchev–Trinajstić information content (AvgIpc) is 3.12. The Kier molecular flexibility index (Phi) is 3.80. The number of fused-ring (bicyclic) bond motifs is 3. The van der Waals surface area contributed by atoms with E-state index in [2.05, 4.69) is 42.2 Å². The molecule has 0 radical (unpaired) electrons. The molecule has 1 aromatic heterocycles. The molecule has 2 aliphatic heterocycles. The van der Waals surface area contributed by atoms with Crippen molar-refractivity contribution in [3.63, 3.8) is 0 Å². The molecular formula is C19H24N4O2. The highest BCUT2D eigenvalue weighted by molar-refractivity contribution is 6.09. The molecule has 1 fully saturated rings. The van der Waals surface area contributed by atoms with Crippen LogP contribution in [0.25, 0.3) is 0 Å². The zero-order valence-electron chi connectivity index (χ0n) is 15.2. The van der Waals surface area contributed by atoms with E-state index in [0.29, 0.717) is 17.4 Å². The molecule has 0 N–H and O–H groups in total. The van der Waals surface area contributed by atoms with Crippen LogP contribution in [0.1, 0.15) is 33.8 Å². The van der Waals surface area contributed by atoms with E-state index in [-0.39, 0.29) is 11.9 Å². The fourth-order valence-electron chi connectivity index (χ4n) is 4.24. The lowest BCUT2D eigenvalue weighted by Crippen LogP contribution is -2.47. The number of likely N-dealkylation sites (N-methyl/N-ethyl adjacent to an activating group) is 1. The largest absolute Gasteiger partial charge is 0.479 e. The Morgan fingerprint density at radius 3 is 2.88 bits per heavy atom. The number of methoxy groups -OCH3 is 1. The molecule has 6 heteroatoms. The van der Waals surface area contributed by atoms with Gasteiger partial charge in [0.05, 0.1) is 7.11 Å². The second-order valence-corrected chi connectivity index (χ2v) is 7.19. The third-order valence-electron chi connectivity index (χ3n) is 5.39. The summed E-state index contributed by atoms with van der Waals surface area (Å²) >= 11 is 0. The van der Waals surface area contributed by atoms with Gasteiger partial charge in [-0.05, 0) is 38.6 Å². The molecule has 1 aromatic carbocycles. The van der Waals surface area contributed by atoms with Crippen LogP contribution in [0.5, 0.6) is 5.88 Å². The van der Waals surface area contributed by atoms with Crippen molar-refractivity contribution in [1.29, 1.82) is 0 Å². The van der Waals surface area contributed by atoms with E-state index in [9.17, 15) is 4.79 Å². The molecule has 2 aromatic rings. The highest BCUT2D eigenvalue weighted by Crippen LogP contribution is 2.45. The molecule has 0 saturated carbocycles. The summed E-state index contributed by atoms with van der Waals surface area (Å²) in [5, 5.41) is 4.25. The number of anilines is 1. The van der Waals surface area contributed by atoms with Crippen molar-refractivity contribution in [1.82, 2.24) is 14.7 Å². The smallest absolute Gasteiger partial charge is 0.265 e. The lowest BCUT2D eigenvalue weighted by molar-refractivity contribution is 0.0961. The topological polar surface area (TPSA) is 50.6 Å². The lowest BCUT2D eigenvalue weighted by atomic mass is 9.89. The molecule has 25 heavy (non-hydrogen) atoms. The second-order valence-electron chi connectivity index (χ2n) is 7.19. The predicted octanol–water partition coefficient (Wildman–Crippen LogP) is 2.19. The molecule has 1 saturated heterocycles. The van der Waals surface area contributed by atoms with E-state index in [1.807, 2.05) is 4.90 Å². The van der Waals surface area contributed by atoms with Crippen molar-refractivity contribution in [2.75, 3.05) is 32.1 Å². The van der Waals surface area contributed by atoms with Crippen LogP contribution in [0.3, 0.4) is 0 Å². The van der Waals surface area contributed by atoms with E-state index >= 15 is 0 Å². The first kappa shape index (κ1) is 16.1. The number of amides is 1. The number of hydrogen-bond acceptors (Lipinski definition) is 4. The number of rotatable bonds is 2. The molecule has 0 bridgehead atoms. The molecule has 2 atom stereocenters. The number of carbonyl (C=O) groups is 1. The van der Waals surface area contributed by atoms with Gasteiger partial charge in [0.15, 0.2) is 0 Å². The van der Waals surface area contributed by atoms with Crippen LogP contribution in [0, 0.1) is 6.92 Å². The van der Waals surface area contributed by atoms with E-state index in [0.717, 1.165) is 25.2 Å². The van der Waals surface area contributed by atoms with Crippen molar-refractivity contribution < 1.29 is 9.53 Å². The summed E-state index contributed by atoms with van der Waals surface area (Å²) in [5.41, 5.74) is 4.08. The van der Waals surface area contributed by atoms with E-state index in [1.54, 1.807) is 25.0 Å². The number of aryl methyl sites for hydroxylation is 2. The summed E-state index contributed by atoms with van der Waals surface area (Å²) in [7, 11) is 5.51. The third-order valence-corrected chi connectivity index (χ3v) is 5.39. The van der Waals surface area contributed by atoms with Gasteiger partial charge in [0.25, 0.3) is 5.91 Å². The number of nitrogens with zero attached hydrogens (tertiary/aromatic N) is 4. The SMILES string of the molecule is COc1nn(C)cc1C(=O)N1c2ccc(C)cc2C2CN(C)CCC21. The highest BCUT2D eigenvalue weighted by atomic mass is 16.5. The molecule has 0 aliphatic carbocycles.